The summed E-state index contributed by atoms with van der Waals surface area (Å²) in [6, 6.07) is 14.2. The molecule has 218 valence electrons. The Labute approximate surface area is 233 Å². The maximum atomic E-state index is 14.5. The lowest BCUT2D eigenvalue weighted by molar-refractivity contribution is -0.288. The second-order valence-electron chi connectivity index (χ2n) is 9.02. The summed E-state index contributed by atoms with van der Waals surface area (Å²) in [6.07, 6.45) is -11.3. The van der Waals surface area contributed by atoms with Crippen molar-refractivity contribution in [2.45, 2.75) is 17.8 Å². The first-order chi connectivity index (χ1) is 19.7. The number of alkyl halides is 6. The molecule has 0 aliphatic heterocycles. The van der Waals surface area contributed by atoms with Crippen molar-refractivity contribution in [2.24, 2.45) is 0 Å². The first kappa shape index (κ1) is 29.8. The fraction of sp³-hybridized carbons (Fsp3) is 0.103. The molecule has 0 bridgehead atoms. The Morgan fingerprint density at radius 3 is 1.74 bits per heavy atom. The summed E-state index contributed by atoms with van der Waals surface area (Å²) in [7, 11) is 0. The number of hydrogen-bond acceptors (Lipinski definition) is 6. The molecule has 0 aliphatic carbocycles. The van der Waals surface area contributed by atoms with Crippen molar-refractivity contribution in [2.75, 3.05) is 11.1 Å². The van der Waals surface area contributed by atoms with Crippen molar-refractivity contribution in [1.82, 2.24) is 0 Å². The summed E-state index contributed by atoms with van der Waals surface area (Å²) in [5.74, 6) is -1.81. The molecule has 0 heterocycles. The van der Waals surface area contributed by atoms with Gasteiger partial charge in [0, 0.05) is 11.1 Å². The molecule has 4 aromatic rings. The van der Waals surface area contributed by atoms with Crippen LogP contribution in [-0.4, -0.2) is 34.8 Å². The normalized spacial score (nSPS) is 12.0. The number of halogens is 6. The Hall–Kier alpha value is -5.20. The van der Waals surface area contributed by atoms with E-state index in [-0.39, 0.29) is 11.3 Å². The van der Waals surface area contributed by atoms with E-state index in [1.54, 1.807) is 0 Å². The summed E-state index contributed by atoms with van der Waals surface area (Å²) in [4.78, 5) is 23.6. The topological polar surface area (TPSA) is 122 Å². The Kier molecular flexibility index (Phi) is 7.79. The number of aromatic hydroxyl groups is 2. The number of ether oxygens (including phenoxy) is 1. The zero-order valence-electron chi connectivity index (χ0n) is 21.1. The van der Waals surface area contributed by atoms with Crippen molar-refractivity contribution in [1.29, 1.82) is 0 Å². The molecule has 1 amide bonds. The van der Waals surface area contributed by atoms with Crippen molar-refractivity contribution in [3.63, 3.8) is 0 Å². The molecule has 4 rings (SSSR count). The lowest BCUT2D eigenvalue weighted by atomic mass is 9.72. The fourth-order valence-electron chi connectivity index (χ4n) is 4.26. The summed E-state index contributed by atoms with van der Waals surface area (Å²) in [5.41, 5.74) is -3.00. The summed E-state index contributed by atoms with van der Waals surface area (Å²) < 4.78 is 92.4. The quantitative estimate of drug-likeness (QED) is 0.0800. The number of carbonyl (C=O) groups is 2. The van der Waals surface area contributed by atoms with Crippen LogP contribution >= 0.6 is 0 Å². The number of carbonyl (C=O) groups excluding carboxylic acids is 2. The largest absolute Gasteiger partial charge is 0.506 e. The highest BCUT2D eigenvalue weighted by Gasteiger charge is 2.72. The standard InChI is InChI=1S/C29H20F6N2O5/c30-28(31,32)27(29(33,34)35,18-5-11-24(39)22(36)13-18)19-6-12-25(40)23(14-19)37-26(41)17-3-9-21(10-4-17)42-20-7-1-16(15-38)2-8-20/h1-15,39-40H,36H2,(H,37,41). The average Bonchev–Trinajstić information content (AvgIpc) is 2.92. The molecule has 0 radical (unpaired) electrons. The van der Waals surface area contributed by atoms with Crippen molar-refractivity contribution >= 4 is 23.6 Å². The number of anilines is 2. The number of phenols is 2. The Bertz CT molecular complexity index is 1600. The molecule has 0 saturated heterocycles. The van der Waals surface area contributed by atoms with Gasteiger partial charge in [-0.3, -0.25) is 9.59 Å². The number of amides is 1. The van der Waals surface area contributed by atoms with Gasteiger partial charge in [-0.2, -0.15) is 26.3 Å². The lowest BCUT2D eigenvalue weighted by Gasteiger charge is -2.38. The van der Waals surface area contributed by atoms with Gasteiger partial charge in [-0.05, 0) is 83.9 Å². The van der Waals surface area contributed by atoms with Crippen LogP contribution in [0.5, 0.6) is 23.0 Å². The SMILES string of the molecule is Nc1cc(C(c2ccc(O)c(NC(=O)c3ccc(Oc4ccc(C=O)cc4)cc3)c2)(C(F)(F)F)C(F)(F)F)ccc1O. The average molecular weight is 590 g/mol. The van der Waals surface area contributed by atoms with Crippen LogP contribution in [0, 0.1) is 0 Å². The van der Waals surface area contributed by atoms with E-state index in [1.807, 2.05) is 0 Å². The Morgan fingerprint density at radius 1 is 0.738 bits per heavy atom. The van der Waals surface area contributed by atoms with E-state index in [0.29, 0.717) is 54.0 Å². The van der Waals surface area contributed by atoms with Crippen LogP contribution in [0.25, 0.3) is 0 Å². The van der Waals surface area contributed by atoms with Gasteiger partial charge in [0.15, 0.2) is 0 Å². The van der Waals surface area contributed by atoms with Gasteiger partial charge in [-0.25, -0.2) is 0 Å². The van der Waals surface area contributed by atoms with Crippen LogP contribution in [0.1, 0.15) is 31.8 Å². The molecule has 0 saturated carbocycles. The second kappa shape index (κ2) is 11.0. The van der Waals surface area contributed by atoms with Gasteiger partial charge < -0.3 is 26.0 Å². The molecule has 4 aromatic carbocycles. The van der Waals surface area contributed by atoms with Crippen LogP contribution in [-0.2, 0) is 5.41 Å². The van der Waals surface area contributed by atoms with E-state index in [4.69, 9.17) is 10.5 Å². The highest BCUT2D eigenvalue weighted by molar-refractivity contribution is 6.05. The molecule has 42 heavy (non-hydrogen) atoms. The van der Waals surface area contributed by atoms with E-state index in [2.05, 4.69) is 5.32 Å². The van der Waals surface area contributed by atoms with E-state index in [0.717, 1.165) is 0 Å². The van der Waals surface area contributed by atoms with E-state index >= 15 is 0 Å². The Balaban J connectivity index is 1.68. The molecule has 0 atom stereocenters. The smallest absolute Gasteiger partial charge is 0.411 e. The number of phenolic OH excluding ortho intramolecular Hbond substituents is 2. The highest BCUT2D eigenvalue weighted by atomic mass is 19.4. The molecule has 0 aromatic heterocycles. The molecular weight excluding hydrogens is 570 g/mol. The van der Waals surface area contributed by atoms with Gasteiger partial charge in [0.25, 0.3) is 5.91 Å². The van der Waals surface area contributed by atoms with Crippen molar-refractivity contribution in [3.05, 3.63) is 107 Å². The first-order valence-electron chi connectivity index (χ1n) is 11.9. The van der Waals surface area contributed by atoms with Crippen LogP contribution in [0.4, 0.5) is 37.7 Å². The summed E-state index contributed by atoms with van der Waals surface area (Å²) >= 11 is 0. The van der Waals surface area contributed by atoms with Crippen LogP contribution in [0.15, 0.2) is 84.9 Å². The maximum absolute atomic E-state index is 14.5. The van der Waals surface area contributed by atoms with Crippen molar-refractivity contribution in [3.8, 4) is 23.0 Å². The number of nitrogens with two attached hydrogens (primary N) is 1. The molecule has 0 spiro atoms. The number of aldehydes is 1. The van der Waals surface area contributed by atoms with Gasteiger partial charge in [0.05, 0.1) is 11.4 Å². The molecule has 0 aliphatic rings. The lowest BCUT2D eigenvalue weighted by Crippen LogP contribution is -2.54. The van der Waals surface area contributed by atoms with Gasteiger partial charge in [-0.15, -0.1) is 0 Å². The monoisotopic (exact) mass is 590 g/mol. The van der Waals surface area contributed by atoms with Gasteiger partial charge >= 0.3 is 12.4 Å². The third-order valence-corrected chi connectivity index (χ3v) is 6.36. The minimum absolute atomic E-state index is 0.0623. The zero-order chi connectivity index (χ0) is 30.9. The highest BCUT2D eigenvalue weighted by Crippen LogP contribution is 2.57. The molecule has 0 fully saturated rings. The molecular formula is C29H20F6N2O5. The third kappa shape index (κ3) is 5.53. The molecule has 7 nitrogen and oxygen atoms in total. The molecule has 0 unspecified atom stereocenters. The molecule has 13 heteroatoms. The van der Waals surface area contributed by atoms with E-state index in [1.165, 1.54) is 48.5 Å². The summed E-state index contributed by atoms with van der Waals surface area (Å²) in [5, 5.41) is 22.0. The van der Waals surface area contributed by atoms with Crippen LogP contribution in [0.2, 0.25) is 0 Å². The maximum Gasteiger partial charge on any atom is 0.411 e. The number of rotatable bonds is 7. The zero-order valence-corrected chi connectivity index (χ0v) is 21.1. The predicted molar refractivity (Wildman–Crippen MR) is 140 cm³/mol. The minimum atomic E-state index is -5.98. The molecule has 5 N–H and O–H groups in total. The fourth-order valence-corrected chi connectivity index (χ4v) is 4.26. The minimum Gasteiger partial charge on any atom is -0.506 e. The van der Waals surface area contributed by atoms with Gasteiger partial charge in [0.1, 0.15) is 29.3 Å². The van der Waals surface area contributed by atoms with Crippen LogP contribution in [0.3, 0.4) is 0 Å². The van der Waals surface area contributed by atoms with Gasteiger partial charge in [0.2, 0.25) is 5.41 Å². The predicted octanol–water partition coefficient (Wildman–Crippen LogP) is 6.95. The number of hydrogen-bond donors (Lipinski definition) is 4. The van der Waals surface area contributed by atoms with E-state index < -0.39 is 57.7 Å². The van der Waals surface area contributed by atoms with E-state index in [9.17, 15) is 46.1 Å². The van der Waals surface area contributed by atoms with Gasteiger partial charge in [-0.1, -0.05) is 12.1 Å². The first-order valence-corrected chi connectivity index (χ1v) is 11.9. The third-order valence-electron chi connectivity index (χ3n) is 6.36. The Morgan fingerprint density at radius 2 is 1.24 bits per heavy atom. The second-order valence-corrected chi connectivity index (χ2v) is 9.02. The number of nitrogens with one attached hydrogen (secondary N) is 1. The van der Waals surface area contributed by atoms with Crippen LogP contribution < -0.4 is 15.8 Å². The van der Waals surface area contributed by atoms with Crippen molar-refractivity contribution < 1.29 is 50.9 Å². The summed E-state index contributed by atoms with van der Waals surface area (Å²) in [6.45, 7) is 0. The number of nitrogen functional groups attached to an aromatic ring is 1. The number of benzene rings is 4.